The molecule has 0 aliphatic heterocycles. The number of carbonyl (C=O) groups is 1. The second kappa shape index (κ2) is 8.41. The number of hydrogen-bond acceptors (Lipinski definition) is 5. The summed E-state index contributed by atoms with van der Waals surface area (Å²) in [6.07, 6.45) is 0.233. The lowest BCUT2D eigenvalue weighted by Crippen LogP contribution is -2.15. The van der Waals surface area contributed by atoms with Crippen molar-refractivity contribution in [3.63, 3.8) is 0 Å². The van der Waals surface area contributed by atoms with Gasteiger partial charge in [-0.1, -0.05) is 48.0 Å². The van der Waals surface area contributed by atoms with Gasteiger partial charge in [0, 0.05) is 16.5 Å². The number of fused-ring (bicyclic) bond motifs is 1. The van der Waals surface area contributed by atoms with E-state index >= 15 is 0 Å². The Morgan fingerprint density at radius 2 is 1.77 bits per heavy atom. The maximum absolute atomic E-state index is 12.8. The Balaban J connectivity index is 1.35. The van der Waals surface area contributed by atoms with Gasteiger partial charge < -0.3 is 5.32 Å². The van der Waals surface area contributed by atoms with Crippen molar-refractivity contribution in [3.05, 3.63) is 89.4 Å². The van der Waals surface area contributed by atoms with Crippen molar-refractivity contribution >= 4 is 44.5 Å². The summed E-state index contributed by atoms with van der Waals surface area (Å²) in [5, 5.41) is 6.84. The number of carbonyl (C=O) groups excluding carboxylic acids is 1. The maximum atomic E-state index is 12.8. The van der Waals surface area contributed by atoms with E-state index in [0.717, 1.165) is 42.7 Å². The number of amides is 1. The van der Waals surface area contributed by atoms with Gasteiger partial charge in [-0.05, 0) is 37.3 Å². The van der Waals surface area contributed by atoms with Gasteiger partial charge in [0.2, 0.25) is 5.91 Å². The molecule has 0 saturated heterocycles. The number of para-hydroxylation sites is 2. The molecular formula is C25H19N3OS2. The van der Waals surface area contributed by atoms with E-state index in [-0.39, 0.29) is 12.3 Å². The zero-order chi connectivity index (χ0) is 21.2. The number of rotatable bonds is 5. The number of benzene rings is 3. The van der Waals surface area contributed by atoms with Gasteiger partial charge in [-0.15, -0.1) is 22.7 Å². The molecule has 0 atom stereocenters. The Hall–Kier alpha value is -3.35. The molecule has 2 aromatic heterocycles. The summed E-state index contributed by atoms with van der Waals surface area (Å²) in [5.74, 6) is -0.0883. The van der Waals surface area contributed by atoms with Gasteiger partial charge in [0.25, 0.3) is 0 Å². The summed E-state index contributed by atoms with van der Waals surface area (Å²) in [5.41, 5.74) is 5.71. The van der Waals surface area contributed by atoms with Crippen molar-refractivity contribution in [3.8, 4) is 21.1 Å². The molecule has 0 saturated carbocycles. The zero-order valence-corrected chi connectivity index (χ0v) is 18.5. The highest BCUT2D eigenvalue weighted by atomic mass is 32.1. The van der Waals surface area contributed by atoms with Crippen LogP contribution in [0.2, 0.25) is 0 Å². The topological polar surface area (TPSA) is 54.9 Å². The third-order valence-corrected chi connectivity index (χ3v) is 6.89. The normalized spacial score (nSPS) is 11.0. The Bertz CT molecular complexity index is 1350. The summed E-state index contributed by atoms with van der Waals surface area (Å²) in [4.78, 5) is 22.2. The van der Waals surface area contributed by atoms with Crippen LogP contribution in [0.5, 0.6) is 0 Å². The van der Waals surface area contributed by atoms with Crippen LogP contribution in [0.4, 0.5) is 5.69 Å². The van der Waals surface area contributed by atoms with Crippen LogP contribution in [-0.2, 0) is 11.2 Å². The summed E-state index contributed by atoms with van der Waals surface area (Å²) in [6, 6.07) is 24.1. The smallest absolute Gasteiger partial charge is 0.230 e. The molecule has 0 aliphatic rings. The molecule has 5 aromatic rings. The lowest BCUT2D eigenvalue weighted by molar-refractivity contribution is -0.115. The third-order valence-electron chi connectivity index (χ3n) is 4.88. The standard InChI is InChI=1S/C25H19N3OS2/c1-16-7-6-8-17(13-16)24-26-18(15-30-24)14-23(29)27-20-10-3-2-9-19(20)25-28-21-11-4-5-12-22(21)31-25/h2-13,15H,14H2,1H3,(H,27,29). The predicted molar refractivity (Wildman–Crippen MR) is 130 cm³/mol. The van der Waals surface area contributed by atoms with Crippen LogP contribution in [0.3, 0.4) is 0 Å². The lowest BCUT2D eigenvalue weighted by Gasteiger charge is -2.08. The Kier molecular flexibility index (Phi) is 5.32. The van der Waals surface area contributed by atoms with E-state index in [1.165, 1.54) is 5.56 Å². The van der Waals surface area contributed by atoms with Gasteiger partial charge in [-0.3, -0.25) is 4.79 Å². The van der Waals surface area contributed by atoms with E-state index in [9.17, 15) is 4.79 Å². The van der Waals surface area contributed by atoms with E-state index in [0.29, 0.717) is 0 Å². The number of thiazole rings is 2. The molecule has 5 rings (SSSR count). The minimum absolute atomic E-state index is 0.0883. The van der Waals surface area contributed by atoms with E-state index in [1.807, 2.05) is 60.0 Å². The first-order chi connectivity index (χ1) is 15.2. The van der Waals surface area contributed by atoms with Crippen LogP contribution < -0.4 is 5.32 Å². The fourth-order valence-electron chi connectivity index (χ4n) is 3.42. The molecule has 31 heavy (non-hydrogen) atoms. The van der Waals surface area contributed by atoms with Crippen molar-refractivity contribution in [2.45, 2.75) is 13.3 Å². The third kappa shape index (κ3) is 4.26. The number of anilines is 1. The SMILES string of the molecule is Cc1cccc(-c2nc(CC(=O)Nc3ccccc3-c3nc4ccccc4s3)cs2)c1. The molecule has 4 nitrogen and oxygen atoms in total. The summed E-state index contributed by atoms with van der Waals surface area (Å²) in [6.45, 7) is 2.06. The fraction of sp³-hybridized carbons (Fsp3) is 0.0800. The number of hydrogen-bond donors (Lipinski definition) is 1. The molecule has 0 unspecified atom stereocenters. The highest BCUT2D eigenvalue weighted by Gasteiger charge is 2.14. The van der Waals surface area contributed by atoms with Crippen LogP contribution in [0.15, 0.2) is 78.2 Å². The second-order valence-corrected chi connectivity index (χ2v) is 9.16. The minimum atomic E-state index is -0.0883. The van der Waals surface area contributed by atoms with E-state index in [2.05, 4.69) is 35.4 Å². The van der Waals surface area contributed by atoms with Crippen LogP contribution in [0.1, 0.15) is 11.3 Å². The molecule has 0 fully saturated rings. The van der Waals surface area contributed by atoms with Crippen LogP contribution >= 0.6 is 22.7 Å². The van der Waals surface area contributed by atoms with Crippen LogP contribution in [0, 0.1) is 6.92 Å². The van der Waals surface area contributed by atoms with E-state index < -0.39 is 0 Å². The maximum Gasteiger partial charge on any atom is 0.230 e. The van der Waals surface area contributed by atoms with Gasteiger partial charge in [0.1, 0.15) is 10.0 Å². The Labute approximate surface area is 188 Å². The van der Waals surface area contributed by atoms with E-state index in [1.54, 1.807) is 22.7 Å². The summed E-state index contributed by atoms with van der Waals surface area (Å²) < 4.78 is 1.13. The van der Waals surface area contributed by atoms with Crippen molar-refractivity contribution < 1.29 is 4.79 Å². The molecule has 0 spiro atoms. The van der Waals surface area contributed by atoms with Crippen molar-refractivity contribution in [2.75, 3.05) is 5.32 Å². The largest absolute Gasteiger partial charge is 0.325 e. The molecule has 2 heterocycles. The van der Waals surface area contributed by atoms with Gasteiger partial charge in [0.05, 0.1) is 28.0 Å². The number of nitrogens with zero attached hydrogens (tertiary/aromatic N) is 2. The van der Waals surface area contributed by atoms with Crippen LogP contribution in [0.25, 0.3) is 31.4 Å². The van der Waals surface area contributed by atoms with Crippen molar-refractivity contribution in [2.24, 2.45) is 0 Å². The molecule has 1 N–H and O–H groups in total. The quantitative estimate of drug-likeness (QED) is 0.335. The highest BCUT2D eigenvalue weighted by Crippen LogP contribution is 2.34. The molecular weight excluding hydrogens is 422 g/mol. The molecule has 6 heteroatoms. The average Bonchev–Trinajstić information content (AvgIpc) is 3.41. The van der Waals surface area contributed by atoms with Crippen molar-refractivity contribution in [1.29, 1.82) is 0 Å². The first-order valence-corrected chi connectivity index (χ1v) is 11.6. The van der Waals surface area contributed by atoms with Gasteiger partial charge in [0.15, 0.2) is 0 Å². The summed E-state index contributed by atoms with van der Waals surface area (Å²) >= 11 is 3.19. The Morgan fingerprint density at radius 1 is 0.935 bits per heavy atom. The molecule has 0 aliphatic carbocycles. The molecule has 1 amide bonds. The number of aromatic nitrogens is 2. The van der Waals surface area contributed by atoms with Crippen molar-refractivity contribution in [1.82, 2.24) is 9.97 Å². The lowest BCUT2D eigenvalue weighted by atomic mass is 10.1. The fourth-order valence-corrected chi connectivity index (χ4v) is 5.25. The zero-order valence-electron chi connectivity index (χ0n) is 16.8. The highest BCUT2D eigenvalue weighted by molar-refractivity contribution is 7.21. The van der Waals surface area contributed by atoms with Gasteiger partial charge in [-0.2, -0.15) is 0 Å². The number of nitrogens with one attached hydrogen (secondary N) is 1. The predicted octanol–water partition coefficient (Wildman–Crippen LogP) is 6.58. The van der Waals surface area contributed by atoms with Gasteiger partial charge in [-0.25, -0.2) is 9.97 Å². The Morgan fingerprint density at radius 3 is 2.65 bits per heavy atom. The van der Waals surface area contributed by atoms with Crippen LogP contribution in [-0.4, -0.2) is 15.9 Å². The monoisotopic (exact) mass is 441 g/mol. The molecule has 3 aromatic carbocycles. The van der Waals surface area contributed by atoms with E-state index in [4.69, 9.17) is 4.98 Å². The molecule has 0 radical (unpaired) electrons. The van der Waals surface area contributed by atoms with Gasteiger partial charge >= 0.3 is 0 Å². The summed E-state index contributed by atoms with van der Waals surface area (Å²) in [7, 11) is 0. The first kappa shape index (κ1) is 19.6. The molecule has 152 valence electrons. The molecule has 0 bridgehead atoms. The minimum Gasteiger partial charge on any atom is -0.325 e. The second-order valence-electron chi connectivity index (χ2n) is 7.27. The number of aryl methyl sites for hydroxylation is 1. The first-order valence-electron chi connectivity index (χ1n) is 9.92. The average molecular weight is 442 g/mol.